The molecule has 0 saturated carbocycles. The van der Waals surface area contributed by atoms with Crippen molar-refractivity contribution in [2.45, 2.75) is 0 Å². The first-order valence-electron chi connectivity index (χ1n) is 7.84. The molecule has 0 radical (unpaired) electrons. The first-order chi connectivity index (χ1) is 12.9. The molecule has 3 N–H and O–H groups in total. The molecule has 0 atom stereocenters. The Labute approximate surface area is 150 Å². The number of nitrogens with zero attached hydrogens (tertiary/aromatic N) is 1. The molecule has 0 bridgehead atoms. The lowest BCUT2D eigenvalue weighted by Gasteiger charge is -2.16. The number of imide groups is 1. The number of amides is 2. The Bertz CT molecular complexity index is 1200. The van der Waals surface area contributed by atoms with Gasteiger partial charge in [0, 0.05) is 11.6 Å². The van der Waals surface area contributed by atoms with Gasteiger partial charge in [-0.25, -0.2) is 8.78 Å². The van der Waals surface area contributed by atoms with E-state index in [1.807, 2.05) is 0 Å². The van der Waals surface area contributed by atoms with Crippen molar-refractivity contribution in [3.05, 3.63) is 81.6 Å². The van der Waals surface area contributed by atoms with Crippen molar-refractivity contribution in [1.82, 2.24) is 9.88 Å². The van der Waals surface area contributed by atoms with Crippen molar-refractivity contribution in [2.75, 3.05) is 5.73 Å². The highest BCUT2D eigenvalue weighted by atomic mass is 19.2. The number of halogens is 2. The molecular weight excluding hydrogens is 356 g/mol. The summed E-state index contributed by atoms with van der Waals surface area (Å²) in [5.41, 5.74) is 6.19. The summed E-state index contributed by atoms with van der Waals surface area (Å²) in [6, 6.07) is 10.8. The zero-order valence-electron chi connectivity index (χ0n) is 13.6. The van der Waals surface area contributed by atoms with E-state index in [0.29, 0.717) is 11.1 Å². The summed E-state index contributed by atoms with van der Waals surface area (Å²) in [4.78, 5) is 36.4. The largest absolute Gasteiger partial charge is 0.384 e. The van der Waals surface area contributed by atoms with Crippen LogP contribution in [-0.4, -0.2) is 16.4 Å². The fourth-order valence-corrected chi connectivity index (χ4v) is 3.10. The van der Waals surface area contributed by atoms with Crippen LogP contribution < -0.4 is 16.6 Å². The monoisotopic (exact) mass is 367 g/mol. The van der Waals surface area contributed by atoms with Gasteiger partial charge in [-0.3, -0.25) is 24.3 Å². The van der Waals surface area contributed by atoms with Crippen LogP contribution in [0.15, 0.2) is 53.3 Å². The molecule has 1 aliphatic heterocycles. The maximum absolute atomic E-state index is 13.7. The lowest BCUT2D eigenvalue weighted by Crippen LogP contribution is -2.24. The van der Waals surface area contributed by atoms with Crippen LogP contribution in [0.25, 0.3) is 16.8 Å². The molecule has 27 heavy (non-hydrogen) atoms. The number of carbonyl (C=O) groups excluding carboxylic acids is 2. The molecule has 2 aromatic carbocycles. The summed E-state index contributed by atoms with van der Waals surface area (Å²) in [5, 5.41) is 2.09. The summed E-state index contributed by atoms with van der Waals surface area (Å²) in [6.07, 6.45) is 0. The van der Waals surface area contributed by atoms with Crippen LogP contribution in [0.4, 0.5) is 14.6 Å². The van der Waals surface area contributed by atoms with Gasteiger partial charge < -0.3 is 5.73 Å². The molecule has 0 aliphatic carbocycles. The number of fused-ring (bicyclic) bond motifs is 1. The Balaban J connectivity index is 2.01. The van der Waals surface area contributed by atoms with Crippen molar-refractivity contribution in [3.8, 4) is 16.8 Å². The van der Waals surface area contributed by atoms with Gasteiger partial charge in [0.2, 0.25) is 0 Å². The molecule has 1 aliphatic rings. The van der Waals surface area contributed by atoms with Crippen LogP contribution in [0.2, 0.25) is 0 Å². The van der Waals surface area contributed by atoms with E-state index in [2.05, 4.69) is 5.32 Å². The van der Waals surface area contributed by atoms with Gasteiger partial charge in [-0.15, -0.1) is 0 Å². The predicted molar refractivity (Wildman–Crippen MR) is 93.6 cm³/mol. The molecule has 134 valence electrons. The molecule has 0 spiro atoms. The number of hydrogen-bond acceptors (Lipinski definition) is 4. The second kappa shape index (κ2) is 5.87. The van der Waals surface area contributed by atoms with Crippen molar-refractivity contribution >= 4 is 17.6 Å². The second-order valence-corrected chi connectivity index (χ2v) is 5.92. The number of aromatic nitrogens is 1. The van der Waals surface area contributed by atoms with Gasteiger partial charge in [-0.05, 0) is 23.8 Å². The average molecular weight is 367 g/mol. The van der Waals surface area contributed by atoms with E-state index in [9.17, 15) is 23.2 Å². The van der Waals surface area contributed by atoms with E-state index in [1.54, 1.807) is 24.3 Å². The highest BCUT2D eigenvalue weighted by molar-refractivity contribution is 6.23. The Morgan fingerprint density at radius 1 is 0.852 bits per heavy atom. The zero-order valence-corrected chi connectivity index (χ0v) is 13.6. The maximum atomic E-state index is 13.7. The Hall–Kier alpha value is -3.81. The maximum Gasteiger partial charge on any atom is 0.262 e. The number of benzene rings is 2. The minimum atomic E-state index is -1.04. The fraction of sp³-hybridized carbons (Fsp3) is 0. The van der Waals surface area contributed by atoms with E-state index < -0.39 is 29.0 Å². The molecule has 2 amide bonds. The minimum Gasteiger partial charge on any atom is -0.384 e. The van der Waals surface area contributed by atoms with Gasteiger partial charge in [0.05, 0.1) is 16.8 Å². The molecule has 0 fully saturated rings. The zero-order chi connectivity index (χ0) is 19.3. The number of anilines is 1. The summed E-state index contributed by atoms with van der Waals surface area (Å²) in [5.74, 6) is -3.65. The second-order valence-electron chi connectivity index (χ2n) is 5.92. The van der Waals surface area contributed by atoms with Gasteiger partial charge in [-0.1, -0.05) is 24.3 Å². The first-order valence-corrected chi connectivity index (χ1v) is 7.84. The van der Waals surface area contributed by atoms with Gasteiger partial charge in [0.25, 0.3) is 17.4 Å². The van der Waals surface area contributed by atoms with E-state index in [-0.39, 0.29) is 22.6 Å². The van der Waals surface area contributed by atoms with Gasteiger partial charge in [0.1, 0.15) is 5.82 Å². The fourth-order valence-electron chi connectivity index (χ4n) is 3.10. The lowest BCUT2D eigenvalue weighted by atomic mass is 10.0. The van der Waals surface area contributed by atoms with Crippen molar-refractivity contribution in [2.24, 2.45) is 0 Å². The van der Waals surface area contributed by atoms with E-state index in [0.717, 1.165) is 22.8 Å². The van der Waals surface area contributed by atoms with Crippen molar-refractivity contribution < 1.29 is 18.4 Å². The number of rotatable bonds is 2. The van der Waals surface area contributed by atoms with Gasteiger partial charge >= 0.3 is 0 Å². The number of hydrogen-bond donors (Lipinski definition) is 2. The molecule has 0 unspecified atom stereocenters. The molecule has 2 heterocycles. The first kappa shape index (κ1) is 16.6. The third kappa shape index (κ3) is 2.50. The third-order valence-corrected chi connectivity index (χ3v) is 4.33. The smallest absolute Gasteiger partial charge is 0.262 e. The Kier molecular flexibility index (Phi) is 3.62. The molecule has 3 aromatic rings. The third-order valence-electron chi connectivity index (χ3n) is 4.33. The molecule has 6 nitrogen and oxygen atoms in total. The van der Waals surface area contributed by atoms with Gasteiger partial charge in [0.15, 0.2) is 11.6 Å². The van der Waals surface area contributed by atoms with Crippen LogP contribution in [0.3, 0.4) is 0 Å². The van der Waals surface area contributed by atoms with Crippen LogP contribution in [0.1, 0.15) is 20.7 Å². The quantitative estimate of drug-likeness (QED) is 0.680. The highest BCUT2D eigenvalue weighted by Gasteiger charge is 2.32. The number of nitrogens with two attached hydrogens (primary N) is 1. The average Bonchev–Trinajstić information content (AvgIpc) is 2.91. The number of carbonyl (C=O) groups is 2. The summed E-state index contributed by atoms with van der Waals surface area (Å²) < 4.78 is 28.0. The minimum absolute atomic E-state index is 0.0935. The molecule has 8 heteroatoms. The van der Waals surface area contributed by atoms with Crippen LogP contribution >= 0.6 is 0 Å². The Morgan fingerprint density at radius 3 is 2.33 bits per heavy atom. The van der Waals surface area contributed by atoms with E-state index in [4.69, 9.17) is 5.73 Å². The standard InChI is InChI=1S/C19H11F2N3O3/c20-12-6-5-9(7-13(12)21)10-3-1-2-4-14(10)24-15(25)8-11-16(17(24)22)19(27)23-18(11)26/h1-8H,22H2,(H,23,26,27). The lowest BCUT2D eigenvalue weighted by molar-refractivity contribution is 0.0880. The number of para-hydroxylation sites is 1. The molecular formula is C19H11F2N3O3. The molecule has 1 aromatic heterocycles. The normalized spacial score (nSPS) is 12.8. The van der Waals surface area contributed by atoms with E-state index in [1.165, 1.54) is 6.07 Å². The number of pyridine rings is 1. The highest BCUT2D eigenvalue weighted by Crippen LogP contribution is 2.30. The van der Waals surface area contributed by atoms with Crippen LogP contribution in [-0.2, 0) is 0 Å². The Morgan fingerprint density at radius 2 is 1.59 bits per heavy atom. The van der Waals surface area contributed by atoms with Gasteiger partial charge in [-0.2, -0.15) is 0 Å². The van der Waals surface area contributed by atoms with E-state index >= 15 is 0 Å². The topological polar surface area (TPSA) is 94.2 Å². The van der Waals surface area contributed by atoms with Crippen molar-refractivity contribution in [1.29, 1.82) is 0 Å². The molecule has 0 saturated heterocycles. The summed E-state index contributed by atoms with van der Waals surface area (Å²) in [6.45, 7) is 0. The van der Waals surface area contributed by atoms with Crippen molar-refractivity contribution in [3.63, 3.8) is 0 Å². The van der Waals surface area contributed by atoms with Crippen LogP contribution in [0, 0.1) is 11.6 Å². The summed E-state index contributed by atoms with van der Waals surface area (Å²) >= 11 is 0. The SMILES string of the molecule is Nc1c2c(cc(=O)n1-c1ccccc1-c1ccc(F)c(F)c1)C(=O)NC2=O. The van der Waals surface area contributed by atoms with Crippen LogP contribution in [0.5, 0.6) is 0 Å². The number of nitrogen functional groups attached to an aromatic ring is 1. The molecule has 4 rings (SSSR count). The number of nitrogens with one attached hydrogen (secondary N) is 1. The summed E-state index contributed by atoms with van der Waals surface area (Å²) in [7, 11) is 0. The predicted octanol–water partition coefficient (Wildman–Crippen LogP) is 2.25.